The molecule has 0 heterocycles. The van der Waals surface area contributed by atoms with E-state index in [0.29, 0.717) is 11.3 Å². The minimum Gasteiger partial charge on any atom is -0.497 e. The molecule has 1 aliphatic rings. The van der Waals surface area contributed by atoms with E-state index in [1.54, 1.807) is 7.11 Å². The highest BCUT2D eigenvalue weighted by molar-refractivity contribution is 5.27. The number of rotatable bonds is 4. The van der Waals surface area contributed by atoms with Crippen molar-refractivity contribution in [3.8, 4) is 5.75 Å². The predicted molar refractivity (Wildman–Crippen MR) is 89.6 cm³/mol. The molecule has 2 atom stereocenters. The van der Waals surface area contributed by atoms with E-state index >= 15 is 0 Å². The molecule has 1 saturated carbocycles. The molecule has 2 unspecified atom stereocenters. The van der Waals surface area contributed by atoms with Crippen LogP contribution in [0.5, 0.6) is 5.75 Å². The van der Waals surface area contributed by atoms with Crippen molar-refractivity contribution in [3.05, 3.63) is 29.8 Å². The smallest absolute Gasteiger partial charge is 0.118 e. The second-order valence-electron chi connectivity index (χ2n) is 7.75. The Labute approximate surface area is 130 Å². The summed E-state index contributed by atoms with van der Waals surface area (Å²) in [4.78, 5) is 0. The number of aryl methyl sites for hydroxylation is 1. The van der Waals surface area contributed by atoms with Crippen molar-refractivity contribution < 1.29 is 4.74 Å². The molecule has 2 rings (SSSR count). The average molecular weight is 289 g/mol. The first-order valence-corrected chi connectivity index (χ1v) is 8.27. The fourth-order valence-electron chi connectivity index (χ4n) is 4.03. The Morgan fingerprint density at radius 3 is 2.43 bits per heavy atom. The van der Waals surface area contributed by atoms with E-state index in [0.717, 1.165) is 18.6 Å². The van der Waals surface area contributed by atoms with Gasteiger partial charge in [-0.3, -0.25) is 0 Å². The van der Waals surface area contributed by atoms with Gasteiger partial charge in [0.05, 0.1) is 7.11 Å². The van der Waals surface area contributed by atoms with Crippen molar-refractivity contribution >= 4 is 0 Å². The van der Waals surface area contributed by atoms with E-state index in [4.69, 9.17) is 10.5 Å². The molecule has 1 aromatic rings. The van der Waals surface area contributed by atoms with Crippen molar-refractivity contribution in [1.82, 2.24) is 0 Å². The second-order valence-corrected chi connectivity index (χ2v) is 7.75. The van der Waals surface area contributed by atoms with Crippen LogP contribution in [0, 0.1) is 11.3 Å². The van der Waals surface area contributed by atoms with Crippen LogP contribution in [0.25, 0.3) is 0 Å². The van der Waals surface area contributed by atoms with Crippen LogP contribution >= 0.6 is 0 Å². The highest BCUT2D eigenvalue weighted by atomic mass is 16.5. The first kappa shape index (κ1) is 16.4. The maximum absolute atomic E-state index is 6.87. The zero-order valence-electron chi connectivity index (χ0n) is 14.1. The van der Waals surface area contributed by atoms with E-state index in [1.807, 2.05) is 12.1 Å². The quantitative estimate of drug-likeness (QED) is 0.881. The van der Waals surface area contributed by atoms with Crippen molar-refractivity contribution in [2.45, 2.75) is 64.8 Å². The van der Waals surface area contributed by atoms with Gasteiger partial charge in [0.2, 0.25) is 0 Å². The van der Waals surface area contributed by atoms with Gasteiger partial charge in [-0.05, 0) is 54.7 Å². The van der Waals surface area contributed by atoms with E-state index in [2.05, 4.69) is 32.9 Å². The Balaban J connectivity index is 2.04. The number of benzene rings is 1. The summed E-state index contributed by atoms with van der Waals surface area (Å²) < 4.78 is 5.22. The van der Waals surface area contributed by atoms with Crippen LogP contribution in [0.15, 0.2) is 24.3 Å². The molecule has 0 aliphatic heterocycles. The lowest BCUT2D eigenvalue weighted by molar-refractivity contribution is 0.0732. The van der Waals surface area contributed by atoms with Crippen molar-refractivity contribution in [2.75, 3.05) is 7.11 Å². The van der Waals surface area contributed by atoms with Crippen LogP contribution in [0.4, 0.5) is 0 Å². The second kappa shape index (κ2) is 6.39. The maximum atomic E-state index is 6.87. The van der Waals surface area contributed by atoms with E-state index in [1.165, 1.54) is 31.2 Å². The molecule has 2 N–H and O–H groups in total. The SMILES string of the molecule is COc1ccc(CCC2(N)CCCCC2C(C)(C)C)cc1. The molecule has 1 aliphatic carbocycles. The third-order valence-corrected chi connectivity index (χ3v) is 5.16. The maximum Gasteiger partial charge on any atom is 0.118 e. The van der Waals surface area contributed by atoms with Crippen LogP contribution in [0.1, 0.15) is 58.4 Å². The highest BCUT2D eigenvalue weighted by Gasteiger charge is 2.42. The number of ether oxygens (including phenoxy) is 1. The number of hydrogen-bond acceptors (Lipinski definition) is 2. The van der Waals surface area contributed by atoms with Crippen LogP contribution in [0.2, 0.25) is 0 Å². The molecule has 0 bridgehead atoms. The molecule has 0 aromatic heterocycles. The van der Waals surface area contributed by atoms with Gasteiger partial charge in [-0.2, -0.15) is 0 Å². The number of hydrogen-bond donors (Lipinski definition) is 1. The lowest BCUT2D eigenvalue weighted by Gasteiger charge is -2.48. The monoisotopic (exact) mass is 289 g/mol. The summed E-state index contributed by atoms with van der Waals surface area (Å²) in [6.07, 6.45) is 7.22. The van der Waals surface area contributed by atoms with Crippen molar-refractivity contribution in [3.63, 3.8) is 0 Å². The summed E-state index contributed by atoms with van der Waals surface area (Å²) in [5, 5.41) is 0. The van der Waals surface area contributed by atoms with E-state index < -0.39 is 0 Å². The molecule has 0 radical (unpaired) electrons. The fraction of sp³-hybridized carbons (Fsp3) is 0.684. The van der Waals surface area contributed by atoms with E-state index in [-0.39, 0.29) is 5.54 Å². The molecule has 2 nitrogen and oxygen atoms in total. The zero-order chi connectivity index (χ0) is 15.5. The summed E-state index contributed by atoms with van der Waals surface area (Å²) in [6.45, 7) is 7.04. The van der Waals surface area contributed by atoms with Gasteiger partial charge in [0.25, 0.3) is 0 Å². The van der Waals surface area contributed by atoms with Gasteiger partial charge in [0, 0.05) is 5.54 Å². The zero-order valence-corrected chi connectivity index (χ0v) is 14.1. The third-order valence-electron chi connectivity index (χ3n) is 5.16. The Hall–Kier alpha value is -1.02. The average Bonchev–Trinajstić information content (AvgIpc) is 2.45. The van der Waals surface area contributed by atoms with Gasteiger partial charge < -0.3 is 10.5 Å². The van der Waals surface area contributed by atoms with Crippen molar-refractivity contribution in [2.24, 2.45) is 17.1 Å². The summed E-state index contributed by atoms with van der Waals surface area (Å²) in [6, 6.07) is 8.41. The Kier molecular flexibility index (Phi) is 4.98. The lowest BCUT2D eigenvalue weighted by Crippen LogP contribution is -2.54. The van der Waals surface area contributed by atoms with Gasteiger partial charge in [0.15, 0.2) is 0 Å². The van der Waals surface area contributed by atoms with Crippen LogP contribution < -0.4 is 10.5 Å². The van der Waals surface area contributed by atoms with E-state index in [9.17, 15) is 0 Å². The topological polar surface area (TPSA) is 35.2 Å². The van der Waals surface area contributed by atoms with Gasteiger partial charge in [-0.15, -0.1) is 0 Å². The third kappa shape index (κ3) is 4.00. The Morgan fingerprint density at radius 2 is 1.86 bits per heavy atom. The summed E-state index contributed by atoms with van der Waals surface area (Å²) in [7, 11) is 1.71. The first-order valence-electron chi connectivity index (χ1n) is 8.27. The summed E-state index contributed by atoms with van der Waals surface area (Å²) >= 11 is 0. The number of methoxy groups -OCH3 is 1. The van der Waals surface area contributed by atoms with Crippen LogP contribution in [0.3, 0.4) is 0 Å². The van der Waals surface area contributed by atoms with Gasteiger partial charge in [0.1, 0.15) is 5.75 Å². The molecule has 1 aromatic carbocycles. The Bertz CT molecular complexity index is 446. The van der Waals surface area contributed by atoms with Crippen LogP contribution in [-0.4, -0.2) is 12.6 Å². The molecular formula is C19H31NO. The first-order chi connectivity index (χ1) is 9.85. The molecule has 0 saturated heterocycles. The molecule has 0 amide bonds. The van der Waals surface area contributed by atoms with Crippen LogP contribution in [-0.2, 0) is 6.42 Å². The number of nitrogens with two attached hydrogens (primary N) is 1. The van der Waals surface area contributed by atoms with Gasteiger partial charge >= 0.3 is 0 Å². The largest absolute Gasteiger partial charge is 0.497 e. The molecule has 0 spiro atoms. The highest BCUT2D eigenvalue weighted by Crippen LogP contribution is 2.45. The normalized spacial score (nSPS) is 26.6. The van der Waals surface area contributed by atoms with Crippen molar-refractivity contribution in [1.29, 1.82) is 0 Å². The van der Waals surface area contributed by atoms with Gasteiger partial charge in [-0.25, -0.2) is 0 Å². The molecule has 118 valence electrons. The minimum absolute atomic E-state index is 0.00354. The Morgan fingerprint density at radius 1 is 1.19 bits per heavy atom. The summed E-state index contributed by atoms with van der Waals surface area (Å²) in [5.74, 6) is 1.54. The molecule has 21 heavy (non-hydrogen) atoms. The lowest BCUT2D eigenvalue weighted by atomic mass is 9.61. The minimum atomic E-state index is -0.00354. The summed E-state index contributed by atoms with van der Waals surface area (Å²) in [5.41, 5.74) is 8.53. The standard InChI is InChI=1S/C19H31NO/c1-18(2,3)17-7-5-6-13-19(17,20)14-12-15-8-10-16(21-4)11-9-15/h8-11,17H,5-7,12-14,20H2,1-4H3. The molecule has 2 heteroatoms. The van der Waals surface area contributed by atoms with Gasteiger partial charge in [-0.1, -0.05) is 45.7 Å². The molecular weight excluding hydrogens is 258 g/mol. The molecule has 1 fully saturated rings. The fourth-order valence-corrected chi connectivity index (χ4v) is 4.03. The predicted octanol–water partition coefficient (Wildman–Crippen LogP) is 4.56.